The van der Waals surface area contributed by atoms with Crippen molar-refractivity contribution < 1.29 is 19.7 Å². The van der Waals surface area contributed by atoms with Crippen LogP contribution in [0.5, 0.6) is 11.5 Å². The van der Waals surface area contributed by atoms with E-state index in [9.17, 15) is 15.0 Å². The monoisotopic (exact) mass is 414 g/mol. The second-order valence-corrected chi connectivity index (χ2v) is 7.18. The summed E-state index contributed by atoms with van der Waals surface area (Å²) in [7, 11) is 0. The number of amides is 1. The van der Waals surface area contributed by atoms with E-state index < -0.39 is 6.09 Å². The molecule has 2 heterocycles. The van der Waals surface area contributed by atoms with Gasteiger partial charge in [-0.2, -0.15) is 0 Å². The third kappa shape index (κ3) is 4.12. The van der Waals surface area contributed by atoms with Gasteiger partial charge in [0.25, 0.3) is 0 Å². The van der Waals surface area contributed by atoms with E-state index >= 15 is 0 Å². The average molecular weight is 415 g/mol. The Balaban J connectivity index is 1.66. The zero-order valence-corrected chi connectivity index (χ0v) is 16.1. The Morgan fingerprint density at radius 3 is 2.93 bits per heavy atom. The van der Waals surface area contributed by atoms with Crippen LogP contribution in [-0.2, 0) is 0 Å². The summed E-state index contributed by atoms with van der Waals surface area (Å²) in [5.41, 5.74) is 1.34. The summed E-state index contributed by atoms with van der Waals surface area (Å²) in [5.74, 6) is 1.10. The Labute approximate surface area is 171 Å². The van der Waals surface area contributed by atoms with E-state index in [0.717, 1.165) is 12.8 Å². The van der Waals surface area contributed by atoms with Gasteiger partial charge in [-0.05, 0) is 43.2 Å². The van der Waals surface area contributed by atoms with Crippen LogP contribution in [-0.4, -0.2) is 50.4 Å². The number of nitrogens with one attached hydrogen (secondary N) is 1. The predicted octanol–water partition coefficient (Wildman–Crippen LogP) is 4.25. The van der Waals surface area contributed by atoms with Crippen LogP contribution in [0.4, 0.5) is 16.3 Å². The lowest BCUT2D eigenvalue weighted by Crippen LogP contribution is -2.43. The lowest BCUT2D eigenvalue weighted by molar-refractivity contribution is 0.0800. The number of phenols is 1. The average Bonchev–Trinajstić information content (AvgIpc) is 2.71. The lowest BCUT2D eigenvalue weighted by atomic mass is 10.1. The van der Waals surface area contributed by atoms with Crippen LogP contribution in [0.2, 0.25) is 5.02 Å². The first-order valence-electron chi connectivity index (χ1n) is 9.15. The molecule has 29 heavy (non-hydrogen) atoms. The van der Waals surface area contributed by atoms with Gasteiger partial charge in [0.2, 0.25) is 0 Å². The lowest BCUT2D eigenvalue weighted by Gasteiger charge is -2.31. The first kappa shape index (κ1) is 19.1. The Bertz CT molecular complexity index is 1060. The van der Waals surface area contributed by atoms with Gasteiger partial charge in [0.15, 0.2) is 0 Å². The molecule has 0 spiro atoms. The number of aromatic hydroxyl groups is 1. The SMILES string of the molecule is O=C(O)N1CCC[C@H](Oc2cccc3ncnc(Nc4ccc(O)c(Cl)c4)c23)C1. The van der Waals surface area contributed by atoms with Crippen LogP contribution < -0.4 is 10.1 Å². The Morgan fingerprint density at radius 1 is 1.28 bits per heavy atom. The number of hydrogen-bond acceptors (Lipinski definition) is 6. The molecule has 0 unspecified atom stereocenters. The third-order valence-corrected chi connectivity index (χ3v) is 5.08. The quantitative estimate of drug-likeness (QED) is 0.547. The molecule has 9 heteroatoms. The third-order valence-electron chi connectivity index (χ3n) is 4.78. The van der Waals surface area contributed by atoms with Crippen molar-refractivity contribution in [1.29, 1.82) is 0 Å². The number of nitrogens with zero attached hydrogens (tertiary/aromatic N) is 3. The number of hydrogen-bond donors (Lipinski definition) is 3. The molecule has 2 aromatic carbocycles. The van der Waals surface area contributed by atoms with Crippen LogP contribution in [0.25, 0.3) is 10.9 Å². The zero-order chi connectivity index (χ0) is 20.4. The molecule has 4 rings (SSSR count). The van der Waals surface area contributed by atoms with Gasteiger partial charge in [-0.15, -0.1) is 0 Å². The smallest absolute Gasteiger partial charge is 0.407 e. The zero-order valence-electron chi connectivity index (χ0n) is 15.4. The molecule has 0 aliphatic carbocycles. The number of aromatic nitrogens is 2. The van der Waals surface area contributed by atoms with Crippen molar-refractivity contribution in [1.82, 2.24) is 14.9 Å². The van der Waals surface area contributed by atoms with Gasteiger partial charge in [-0.1, -0.05) is 17.7 Å². The first-order valence-corrected chi connectivity index (χ1v) is 9.53. The first-order chi connectivity index (χ1) is 14.0. The van der Waals surface area contributed by atoms with Crippen LogP contribution in [0.3, 0.4) is 0 Å². The highest BCUT2D eigenvalue weighted by Gasteiger charge is 2.25. The summed E-state index contributed by atoms with van der Waals surface area (Å²) >= 11 is 6.00. The number of phenolic OH excluding ortho intramolecular Hbond substituents is 1. The van der Waals surface area contributed by atoms with E-state index in [1.54, 1.807) is 12.1 Å². The standard InChI is InChI=1S/C20H19ClN4O4/c21-14-9-12(6-7-16(14)26)24-19-18-15(22-11-23-19)4-1-5-17(18)29-13-3-2-8-25(10-13)20(27)28/h1,4-7,9,11,13,26H,2-3,8,10H2,(H,27,28)(H,22,23,24)/t13-/m0/s1. The minimum atomic E-state index is -0.939. The normalized spacial score (nSPS) is 16.6. The van der Waals surface area contributed by atoms with Gasteiger partial charge in [0, 0.05) is 12.2 Å². The van der Waals surface area contributed by atoms with Crippen LogP contribution in [0.15, 0.2) is 42.7 Å². The number of anilines is 2. The molecular formula is C20H19ClN4O4. The van der Waals surface area contributed by atoms with Crippen molar-refractivity contribution in [2.75, 3.05) is 18.4 Å². The van der Waals surface area contributed by atoms with Crippen molar-refractivity contribution >= 4 is 40.1 Å². The Hall–Kier alpha value is -3.26. The summed E-state index contributed by atoms with van der Waals surface area (Å²) in [6.07, 6.45) is 1.77. The van der Waals surface area contributed by atoms with Gasteiger partial charge in [-0.3, -0.25) is 0 Å². The highest BCUT2D eigenvalue weighted by molar-refractivity contribution is 6.32. The molecule has 0 radical (unpaired) electrons. The minimum absolute atomic E-state index is 0.00549. The van der Waals surface area contributed by atoms with Crippen molar-refractivity contribution in [3.8, 4) is 11.5 Å². The number of halogens is 1. The van der Waals surface area contributed by atoms with Crippen LogP contribution >= 0.6 is 11.6 Å². The highest BCUT2D eigenvalue weighted by atomic mass is 35.5. The largest absolute Gasteiger partial charge is 0.506 e. The topological polar surface area (TPSA) is 108 Å². The second kappa shape index (κ2) is 8.00. The fourth-order valence-electron chi connectivity index (χ4n) is 3.38. The molecule has 0 saturated carbocycles. The number of rotatable bonds is 4. The molecule has 3 aromatic rings. The maximum Gasteiger partial charge on any atom is 0.407 e. The maximum atomic E-state index is 11.3. The fourth-order valence-corrected chi connectivity index (χ4v) is 3.56. The fraction of sp³-hybridized carbons (Fsp3) is 0.250. The van der Waals surface area contributed by atoms with Gasteiger partial charge in [0.05, 0.1) is 22.5 Å². The molecule has 0 bridgehead atoms. The maximum absolute atomic E-state index is 11.3. The Kier molecular flexibility index (Phi) is 5.26. The van der Waals surface area contributed by atoms with Gasteiger partial charge in [-0.25, -0.2) is 14.8 Å². The molecule has 1 aliphatic rings. The van der Waals surface area contributed by atoms with Crippen molar-refractivity contribution in [3.63, 3.8) is 0 Å². The number of ether oxygens (including phenoxy) is 1. The van der Waals surface area contributed by atoms with Crippen molar-refractivity contribution in [2.24, 2.45) is 0 Å². The van der Waals surface area contributed by atoms with E-state index in [0.29, 0.717) is 41.2 Å². The van der Waals surface area contributed by atoms with Crippen LogP contribution in [0.1, 0.15) is 12.8 Å². The second-order valence-electron chi connectivity index (χ2n) is 6.77. The van der Waals surface area contributed by atoms with Crippen LogP contribution in [0, 0.1) is 0 Å². The summed E-state index contributed by atoms with van der Waals surface area (Å²) in [5, 5.41) is 23.0. The molecular weight excluding hydrogens is 396 g/mol. The van der Waals surface area contributed by atoms with E-state index in [2.05, 4.69) is 15.3 Å². The number of carboxylic acid groups (broad SMARTS) is 1. The summed E-state index contributed by atoms with van der Waals surface area (Å²) in [6.45, 7) is 0.831. The van der Waals surface area contributed by atoms with Crippen molar-refractivity contribution in [3.05, 3.63) is 47.7 Å². The molecule has 1 amide bonds. The van der Waals surface area contributed by atoms with Gasteiger partial charge < -0.3 is 25.2 Å². The number of fused-ring (bicyclic) bond motifs is 1. The highest BCUT2D eigenvalue weighted by Crippen LogP contribution is 2.34. The molecule has 1 aliphatic heterocycles. The van der Waals surface area contributed by atoms with Gasteiger partial charge >= 0.3 is 6.09 Å². The number of piperidine rings is 1. The summed E-state index contributed by atoms with van der Waals surface area (Å²) < 4.78 is 6.18. The van der Waals surface area contributed by atoms with E-state index in [-0.39, 0.29) is 16.9 Å². The Morgan fingerprint density at radius 2 is 2.14 bits per heavy atom. The molecule has 150 valence electrons. The molecule has 8 nitrogen and oxygen atoms in total. The number of benzene rings is 2. The van der Waals surface area contributed by atoms with Gasteiger partial charge in [0.1, 0.15) is 29.7 Å². The molecule has 1 fully saturated rings. The molecule has 3 N–H and O–H groups in total. The predicted molar refractivity (Wildman–Crippen MR) is 109 cm³/mol. The minimum Gasteiger partial charge on any atom is -0.506 e. The number of carbonyl (C=O) groups is 1. The van der Waals surface area contributed by atoms with E-state index in [4.69, 9.17) is 16.3 Å². The van der Waals surface area contributed by atoms with Crippen molar-refractivity contribution in [2.45, 2.75) is 18.9 Å². The summed E-state index contributed by atoms with van der Waals surface area (Å²) in [4.78, 5) is 21.3. The molecule has 1 atom stereocenters. The van der Waals surface area contributed by atoms with E-state index in [1.807, 2.05) is 18.2 Å². The molecule has 1 aromatic heterocycles. The molecule has 1 saturated heterocycles. The summed E-state index contributed by atoms with van der Waals surface area (Å²) in [6, 6.07) is 10.3. The van der Waals surface area contributed by atoms with E-state index in [1.165, 1.54) is 17.3 Å². The number of likely N-dealkylation sites (tertiary alicyclic amines) is 1.